The number of aliphatic hydroxyl groups excluding tert-OH is 3. The number of anilines is 2. The van der Waals surface area contributed by atoms with E-state index in [9.17, 15) is 48.7 Å². The zero-order valence-corrected chi connectivity index (χ0v) is 30.4. The molecule has 0 radical (unpaired) electrons. The van der Waals surface area contributed by atoms with Crippen LogP contribution in [0.1, 0.15) is 12.5 Å². The topological polar surface area (TPSA) is 390 Å². The monoisotopic (exact) mass is 833 g/mol. The van der Waals surface area contributed by atoms with E-state index in [1.807, 2.05) is 0 Å². The summed E-state index contributed by atoms with van der Waals surface area (Å²) in [5.74, 6) is -0.509. The van der Waals surface area contributed by atoms with Gasteiger partial charge in [-0.25, -0.2) is 27.3 Å². The van der Waals surface area contributed by atoms with Gasteiger partial charge in [0.25, 0.3) is 17.1 Å². The lowest BCUT2D eigenvalue weighted by molar-refractivity contribution is -0.745. The molecular weight excluding hydrogens is 801 g/mol. The number of aliphatic hydroxyl groups is 3. The van der Waals surface area contributed by atoms with Gasteiger partial charge < -0.3 is 55.7 Å². The van der Waals surface area contributed by atoms with Crippen molar-refractivity contribution in [1.29, 1.82) is 0 Å². The second-order valence-corrected chi connectivity index (χ2v) is 17.5. The number of imidazole rings is 2. The molecule has 0 bridgehead atoms. The fraction of sp³-hybridized carbons (Fsp3) is 0.545. The molecule has 2 fully saturated rings. The lowest BCUT2D eigenvalue weighted by Crippen LogP contribution is -2.46. The van der Waals surface area contributed by atoms with Crippen LogP contribution in [0.15, 0.2) is 22.2 Å². The Labute approximate surface area is 299 Å². The first kappa shape index (κ1) is 39.6. The van der Waals surface area contributed by atoms with E-state index in [-0.39, 0.29) is 34.2 Å². The van der Waals surface area contributed by atoms with E-state index in [1.165, 1.54) is 29.6 Å². The molecule has 12 N–H and O–H groups in total. The van der Waals surface area contributed by atoms with Gasteiger partial charge in [-0.2, -0.15) is 4.98 Å². The molecule has 5 unspecified atom stereocenters. The summed E-state index contributed by atoms with van der Waals surface area (Å²) in [6.07, 6.45) is -9.28. The molecule has 0 spiro atoms. The van der Waals surface area contributed by atoms with Crippen LogP contribution in [-0.4, -0.2) is 121 Å². The molecule has 11 atom stereocenters. The van der Waals surface area contributed by atoms with Crippen LogP contribution in [0.4, 0.5) is 11.9 Å². The van der Waals surface area contributed by atoms with Gasteiger partial charge in [-0.15, -0.1) is 0 Å². The van der Waals surface area contributed by atoms with Crippen LogP contribution < -0.4 is 27.2 Å². The number of fused-ring (bicyclic) bond motifs is 2. The maximum Gasteiger partial charge on any atom is 0.479 e. The number of nitrogens with one attached hydrogen (secondary N) is 2. The Morgan fingerprint density at radius 1 is 0.943 bits per heavy atom. The van der Waals surface area contributed by atoms with Crippen molar-refractivity contribution in [2.24, 2.45) is 7.05 Å². The molecule has 27 nitrogen and oxygen atoms in total. The Morgan fingerprint density at radius 3 is 2.19 bits per heavy atom. The van der Waals surface area contributed by atoms with Crippen LogP contribution in [0.25, 0.3) is 22.3 Å². The fourth-order valence-corrected chi connectivity index (χ4v) is 10.8. The second-order valence-electron chi connectivity index (χ2n) is 11.5. The Bertz CT molecular complexity index is 2300. The molecule has 0 aliphatic carbocycles. The second kappa shape index (κ2) is 14.5. The van der Waals surface area contributed by atoms with Gasteiger partial charge in [0.05, 0.1) is 26.6 Å². The molecule has 2 aliphatic heterocycles. The minimum Gasteiger partial charge on any atom is -0.387 e. The first-order valence-electron chi connectivity index (χ1n) is 14.8. The molecule has 2 saturated heterocycles. The number of aryl methyl sites for hydroxylation is 1. The van der Waals surface area contributed by atoms with E-state index < -0.39 is 95.8 Å². The van der Waals surface area contributed by atoms with Crippen LogP contribution in [-0.2, 0) is 59.9 Å². The number of hydrogen-bond donors (Lipinski definition) is 10. The maximum atomic E-state index is 12.8. The Kier molecular flexibility index (Phi) is 10.8. The van der Waals surface area contributed by atoms with Gasteiger partial charge in [-0.05, 0) is 11.8 Å². The zero-order valence-electron chi connectivity index (χ0n) is 26.9. The molecule has 292 valence electrons. The van der Waals surface area contributed by atoms with Crippen molar-refractivity contribution < 1.29 is 75.6 Å². The number of H-pyrrole nitrogens is 2. The minimum absolute atomic E-state index is 0.0247. The molecule has 6 heterocycles. The highest BCUT2D eigenvalue weighted by molar-refractivity contribution is 8.09. The highest BCUT2D eigenvalue weighted by atomic mass is 32.5. The molecule has 0 saturated carbocycles. The lowest BCUT2D eigenvalue weighted by Gasteiger charge is -2.23. The van der Waals surface area contributed by atoms with Crippen LogP contribution >= 0.6 is 22.4 Å². The van der Waals surface area contributed by atoms with Gasteiger partial charge in [0.2, 0.25) is 17.7 Å². The number of nitrogens with two attached hydrogens (primary N) is 2. The molecule has 0 amide bonds. The average Bonchev–Trinajstić information content (AvgIpc) is 3.76. The maximum absolute atomic E-state index is 12.8. The van der Waals surface area contributed by atoms with Gasteiger partial charge >= 0.3 is 28.0 Å². The van der Waals surface area contributed by atoms with Crippen molar-refractivity contribution in [2.75, 3.05) is 31.8 Å². The largest absolute Gasteiger partial charge is 0.479 e. The lowest BCUT2D eigenvalue weighted by atomic mass is 10.1. The summed E-state index contributed by atoms with van der Waals surface area (Å²) in [4.78, 5) is 71.8. The molecule has 53 heavy (non-hydrogen) atoms. The van der Waals surface area contributed by atoms with Crippen molar-refractivity contribution in [3.63, 3.8) is 0 Å². The first-order valence-corrected chi connectivity index (χ1v) is 20.4. The molecule has 4 aromatic heterocycles. The van der Waals surface area contributed by atoms with Crippen LogP contribution in [0, 0.1) is 0 Å². The van der Waals surface area contributed by atoms with E-state index in [1.54, 1.807) is 0 Å². The number of nitrogens with zero attached hydrogens (tertiary/aromatic N) is 6. The number of ether oxygens (including phenoxy) is 3. The highest BCUT2D eigenvalue weighted by Gasteiger charge is 2.50. The summed E-state index contributed by atoms with van der Waals surface area (Å²) >= 11 is 4.61. The smallest absolute Gasteiger partial charge is 0.387 e. The predicted molar refractivity (Wildman–Crippen MR) is 175 cm³/mol. The first-order chi connectivity index (χ1) is 24.7. The average molecular weight is 834 g/mol. The van der Waals surface area contributed by atoms with Gasteiger partial charge in [-0.3, -0.25) is 37.7 Å². The zero-order chi connectivity index (χ0) is 38.8. The number of nitrogen functional groups attached to an aromatic ring is 2. The van der Waals surface area contributed by atoms with E-state index in [0.717, 1.165) is 10.9 Å². The molecule has 0 aromatic carbocycles. The number of aromatic nitrogens is 8. The Balaban J connectivity index is 1.06. The van der Waals surface area contributed by atoms with Gasteiger partial charge in [0, 0.05) is 7.11 Å². The van der Waals surface area contributed by atoms with Gasteiger partial charge in [0.1, 0.15) is 36.6 Å². The van der Waals surface area contributed by atoms with E-state index >= 15 is 0 Å². The van der Waals surface area contributed by atoms with E-state index in [4.69, 9.17) is 34.7 Å². The van der Waals surface area contributed by atoms with Crippen molar-refractivity contribution in [3.8, 4) is 0 Å². The van der Waals surface area contributed by atoms with E-state index in [0.29, 0.717) is 0 Å². The molecule has 6 rings (SSSR count). The third-order valence-corrected chi connectivity index (χ3v) is 13.4. The van der Waals surface area contributed by atoms with Crippen LogP contribution in [0.5, 0.6) is 0 Å². The number of hydrogen-bond acceptors (Lipinski definition) is 20. The third kappa shape index (κ3) is 8.00. The van der Waals surface area contributed by atoms with Gasteiger partial charge in [0.15, 0.2) is 23.7 Å². The molecule has 4 aromatic rings. The number of aromatic amines is 2. The number of phosphoric ester groups is 2. The summed E-state index contributed by atoms with van der Waals surface area (Å²) in [6, 6.07) is 0. The van der Waals surface area contributed by atoms with Crippen molar-refractivity contribution >= 4 is 68.4 Å². The SMILES string of the molecule is COC1[C@@H](COP(=O)(O)OP(O)(=S)OP(=O)(O)OC[C@H]2O[C@@H](n3cnc4c(=O)[nH]c(N)nc43)[C@@H](O)C2O)O[C@@H]([n+]2cn(C)c3c(=O)[nH]c(N)nc32)[C@H]1O. The van der Waals surface area contributed by atoms with Crippen LogP contribution in [0.2, 0.25) is 0 Å². The summed E-state index contributed by atoms with van der Waals surface area (Å²) in [6.45, 7) is -6.98. The quantitative estimate of drug-likeness (QED) is 0.0456. The molecule has 2 aliphatic rings. The summed E-state index contributed by atoms with van der Waals surface area (Å²) in [5, 5.41) is 32.0. The summed E-state index contributed by atoms with van der Waals surface area (Å²) < 4.78 is 64.3. The van der Waals surface area contributed by atoms with Crippen molar-refractivity contribution in [3.05, 3.63) is 33.4 Å². The van der Waals surface area contributed by atoms with E-state index in [2.05, 4.69) is 45.3 Å². The summed E-state index contributed by atoms with van der Waals surface area (Å²) in [5.41, 5.74) is 9.78. The summed E-state index contributed by atoms with van der Waals surface area (Å²) in [7, 11) is -8.18. The number of methoxy groups -OCH3 is 1. The number of phosphoric acid groups is 2. The van der Waals surface area contributed by atoms with Crippen molar-refractivity contribution in [2.45, 2.75) is 49.1 Å². The number of rotatable bonds is 13. The predicted octanol–water partition coefficient (Wildman–Crippen LogP) is -3.78. The fourth-order valence-electron chi connectivity index (χ4n) is 5.71. The Hall–Kier alpha value is -3.11. The highest BCUT2D eigenvalue weighted by Crippen LogP contribution is 2.68. The normalized spacial score (nSPS) is 29.7. The Morgan fingerprint density at radius 2 is 1.55 bits per heavy atom. The third-order valence-electron chi connectivity index (χ3n) is 7.92. The van der Waals surface area contributed by atoms with Gasteiger partial charge in [-0.1, -0.05) is 4.98 Å². The minimum atomic E-state index is -5.47. The molecule has 31 heteroatoms. The standard InChI is InChI=1S/C22H31N10O17P3S/c1-30-6-32(16-10(30)18(37)29-22(24)27-16)20-13(35)14(43-2)8(47-20)4-45-51(40,41)49-52(42,53)48-50(38,39)44-3-7-11(33)12(34)19(46-7)31-5-25-9-15(31)26-21(23)28-17(9)36/h5-8,11-14,19-20,33-35H,3-4H2,1-2H3,(H8-,23,24,26,27,28,29,36,37,38,39,40,41,42,53)/p+1/t7-,8-,11?,12+,13+,14?,19-,20-,52?/m1/s1. The van der Waals surface area contributed by atoms with Crippen LogP contribution in [0.3, 0.4) is 0 Å². The van der Waals surface area contributed by atoms with Crippen molar-refractivity contribution in [1.82, 2.24) is 34.1 Å². The molecular formula is C22H32N10O17P3S+.